The second kappa shape index (κ2) is 6.45. The molecule has 1 aromatic heterocycles. The molecule has 106 valence electrons. The first-order valence-electron chi connectivity index (χ1n) is 6.72. The predicted octanol–water partition coefficient (Wildman–Crippen LogP) is 1.19. The normalized spacial score (nSPS) is 21.4. The van der Waals surface area contributed by atoms with Gasteiger partial charge in [0, 0.05) is 37.9 Å². The first-order chi connectivity index (χ1) is 9.08. The van der Waals surface area contributed by atoms with Gasteiger partial charge in [-0.3, -0.25) is 4.98 Å². The molecule has 2 heterocycles. The van der Waals surface area contributed by atoms with Crippen LogP contribution >= 0.6 is 0 Å². The molecule has 0 spiro atoms. The molecule has 1 unspecified atom stereocenters. The monoisotopic (exact) mass is 283 g/mol. The van der Waals surface area contributed by atoms with Crippen LogP contribution in [0.25, 0.3) is 0 Å². The Morgan fingerprint density at radius 3 is 3.00 bits per heavy atom. The van der Waals surface area contributed by atoms with Crippen LogP contribution in [0.3, 0.4) is 0 Å². The fraction of sp³-hybridized carbons (Fsp3) is 0.615. The van der Waals surface area contributed by atoms with Gasteiger partial charge in [-0.05, 0) is 30.9 Å². The average Bonchev–Trinajstić information content (AvgIpc) is 2.40. The van der Waals surface area contributed by atoms with Crippen molar-refractivity contribution in [2.24, 2.45) is 5.92 Å². The lowest BCUT2D eigenvalue weighted by molar-refractivity contribution is 0.278. The van der Waals surface area contributed by atoms with Crippen LogP contribution < -0.4 is 4.72 Å². The number of hydrogen-bond donors (Lipinski definition) is 1. The highest BCUT2D eigenvalue weighted by Gasteiger charge is 2.26. The summed E-state index contributed by atoms with van der Waals surface area (Å²) in [5.74, 6) is 0.445. The summed E-state index contributed by atoms with van der Waals surface area (Å²) in [5, 5.41) is 0. The van der Waals surface area contributed by atoms with Gasteiger partial charge in [0.25, 0.3) is 10.2 Å². The van der Waals surface area contributed by atoms with E-state index in [-0.39, 0.29) is 0 Å². The van der Waals surface area contributed by atoms with Gasteiger partial charge in [0.1, 0.15) is 0 Å². The molecule has 1 atom stereocenters. The van der Waals surface area contributed by atoms with Gasteiger partial charge in [-0.1, -0.05) is 13.0 Å². The summed E-state index contributed by atoms with van der Waals surface area (Å²) >= 11 is 0. The zero-order valence-corrected chi connectivity index (χ0v) is 12.1. The van der Waals surface area contributed by atoms with E-state index in [0.29, 0.717) is 32.0 Å². The fourth-order valence-corrected chi connectivity index (χ4v) is 3.67. The molecule has 19 heavy (non-hydrogen) atoms. The third-order valence-corrected chi connectivity index (χ3v) is 4.93. The quantitative estimate of drug-likeness (QED) is 0.883. The molecule has 1 aliphatic rings. The molecular weight excluding hydrogens is 262 g/mol. The standard InChI is InChI=1S/C13H21N3O2S/c1-12-5-4-10-16(11-12)19(17,18)15-9-7-13-6-2-3-8-14-13/h2-3,6,8,12,15H,4-5,7,9-11H2,1H3. The van der Waals surface area contributed by atoms with Crippen molar-refractivity contribution in [3.8, 4) is 0 Å². The third kappa shape index (κ3) is 4.26. The van der Waals surface area contributed by atoms with Crippen molar-refractivity contribution < 1.29 is 8.42 Å². The van der Waals surface area contributed by atoms with Crippen molar-refractivity contribution >= 4 is 10.2 Å². The summed E-state index contributed by atoms with van der Waals surface area (Å²) in [6.45, 7) is 3.74. The Bertz CT molecular complexity index is 490. The third-order valence-electron chi connectivity index (χ3n) is 3.35. The van der Waals surface area contributed by atoms with Crippen LogP contribution in [0.4, 0.5) is 0 Å². The molecule has 0 aromatic carbocycles. The number of nitrogens with one attached hydrogen (secondary N) is 1. The van der Waals surface area contributed by atoms with Crippen molar-refractivity contribution in [2.45, 2.75) is 26.2 Å². The predicted molar refractivity (Wildman–Crippen MR) is 74.8 cm³/mol. The molecule has 2 rings (SSSR count). The maximum atomic E-state index is 12.1. The van der Waals surface area contributed by atoms with E-state index in [1.807, 2.05) is 18.2 Å². The first kappa shape index (κ1) is 14.4. The Balaban J connectivity index is 1.84. The summed E-state index contributed by atoms with van der Waals surface area (Å²) in [6, 6.07) is 5.66. The molecule has 5 nitrogen and oxygen atoms in total. The number of rotatable bonds is 5. The first-order valence-corrected chi connectivity index (χ1v) is 8.16. The van der Waals surface area contributed by atoms with Crippen LogP contribution in [-0.4, -0.2) is 37.3 Å². The van der Waals surface area contributed by atoms with Gasteiger partial charge in [0.05, 0.1) is 0 Å². The SMILES string of the molecule is CC1CCCN(S(=O)(=O)NCCc2ccccn2)C1. The Kier molecular flexibility index (Phi) is 4.90. The van der Waals surface area contributed by atoms with E-state index in [1.54, 1.807) is 10.5 Å². The van der Waals surface area contributed by atoms with Gasteiger partial charge in [-0.25, -0.2) is 4.72 Å². The van der Waals surface area contributed by atoms with E-state index < -0.39 is 10.2 Å². The van der Waals surface area contributed by atoms with Crippen LogP contribution in [-0.2, 0) is 16.6 Å². The second-order valence-electron chi connectivity index (χ2n) is 5.08. The maximum Gasteiger partial charge on any atom is 0.279 e. The number of pyridine rings is 1. The lowest BCUT2D eigenvalue weighted by Crippen LogP contribution is -2.46. The smallest absolute Gasteiger partial charge is 0.261 e. The second-order valence-corrected chi connectivity index (χ2v) is 6.83. The summed E-state index contributed by atoms with van der Waals surface area (Å²) in [7, 11) is -3.33. The van der Waals surface area contributed by atoms with Crippen molar-refractivity contribution in [3.63, 3.8) is 0 Å². The van der Waals surface area contributed by atoms with Crippen LogP contribution in [0.2, 0.25) is 0 Å². The van der Waals surface area contributed by atoms with E-state index >= 15 is 0 Å². The highest BCUT2D eigenvalue weighted by Crippen LogP contribution is 2.17. The highest BCUT2D eigenvalue weighted by molar-refractivity contribution is 7.87. The zero-order chi connectivity index (χ0) is 13.7. The maximum absolute atomic E-state index is 12.1. The molecule has 1 saturated heterocycles. The average molecular weight is 283 g/mol. The molecule has 0 saturated carbocycles. The summed E-state index contributed by atoms with van der Waals surface area (Å²) in [5.41, 5.74) is 0.900. The van der Waals surface area contributed by atoms with Gasteiger partial charge in [0.15, 0.2) is 0 Å². The molecule has 0 radical (unpaired) electrons. The van der Waals surface area contributed by atoms with E-state index in [1.165, 1.54) is 0 Å². The summed E-state index contributed by atoms with van der Waals surface area (Å²) < 4.78 is 28.4. The van der Waals surface area contributed by atoms with E-state index in [9.17, 15) is 8.42 Å². The molecule has 0 aliphatic carbocycles. The lowest BCUT2D eigenvalue weighted by Gasteiger charge is -2.29. The highest BCUT2D eigenvalue weighted by atomic mass is 32.2. The van der Waals surface area contributed by atoms with Crippen molar-refractivity contribution in [1.82, 2.24) is 14.0 Å². The largest absolute Gasteiger partial charge is 0.279 e. The summed E-state index contributed by atoms with van der Waals surface area (Å²) in [6.07, 6.45) is 4.39. The van der Waals surface area contributed by atoms with Crippen LogP contribution in [0, 0.1) is 5.92 Å². The number of nitrogens with zero attached hydrogens (tertiary/aromatic N) is 2. The number of aromatic nitrogens is 1. The summed E-state index contributed by atoms with van der Waals surface area (Å²) in [4.78, 5) is 4.17. The van der Waals surface area contributed by atoms with Gasteiger partial charge >= 0.3 is 0 Å². The molecule has 1 aromatic rings. The molecule has 1 fully saturated rings. The molecule has 6 heteroatoms. The van der Waals surface area contributed by atoms with Gasteiger partial charge in [0.2, 0.25) is 0 Å². The topological polar surface area (TPSA) is 62.3 Å². The molecular formula is C13H21N3O2S. The van der Waals surface area contributed by atoms with E-state index in [0.717, 1.165) is 18.5 Å². The molecule has 1 aliphatic heterocycles. The van der Waals surface area contributed by atoms with Gasteiger partial charge in [-0.15, -0.1) is 0 Å². The van der Waals surface area contributed by atoms with Crippen molar-refractivity contribution in [1.29, 1.82) is 0 Å². The van der Waals surface area contributed by atoms with Crippen molar-refractivity contribution in [3.05, 3.63) is 30.1 Å². The lowest BCUT2D eigenvalue weighted by atomic mass is 10.0. The van der Waals surface area contributed by atoms with E-state index in [4.69, 9.17) is 0 Å². The Labute approximate surface area is 115 Å². The minimum Gasteiger partial charge on any atom is -0.261 e. The Morgan fingerprint density at radius 2 is 2.32 bits per heavy atom. The molecule has 0 amide bonds. The minimum absolute atomic E-state index is 0.393. The Morgan fingerprint density at radius 1 is 1.47 bits per heavy atom. The number of piperidine rings is 1. The van der Waals surface area contributed by atoms with Crippen LogP contribution in [0.15, 0.2) is 24.4 Å². The molecule has 1 N–H and O–H groups in total. The van der Waals surface area contributed by atoms with E-state index in [2.05, 4.69) is 16.6 Å². The van der Waals surface area contributed by atoms with Crippen LogP contribution in [0.1, 0.15) is 25.5 Å². The zero-order valence-electron chi connectivity index (χ0n) is 11.2. The van der Waals surface area contributed by atoms with Crippen molar-refractivity contribution in [2.75, 3.05) is 19.6 Å². The van der Waals surface area contributed by atoms with Gasteiger partial charge in [-0.2, -0.15) is 12.7 Å². The van der Waals surface area contributed by atoms with Gasteiger partial charge < -0.3 is 0 Å². The number of hydrogen-bond acceptors (Lipinski definition) is 3. The fourth-order valence-electron chi connectivity index (χ4n) is 2.31. The molecule has 0 bridgehead atoms. The van der Waals surface area contributed by atoms with Crippen LogP contribution in [0.5, 0.6) is 0 Å². The Hall–Kier alpha value is -0.980. The minimum atomic E-state index is -3.33.